The van der Waals surface area contributed by atoms with E-state index in [2.05, 4.69) is 23.2 Å². The van der Waals surface area contributed by atoms with E-state index in [9.17, 15) is 0 Å². The van der Waals surface area contributed by atoms with Gasteiger partial charge in [-0.1, -0.05) is 72.8 Å². The van der Waals surface area contributed by atoms with E-state index >= 15 is 0 Å². The summed E-state index contributed by atoms with van der Waals surface area (Å²) in [4.78, 5) is 4.68. The highest BCUT2D eigenvalue weighted by atomic mass is 16.5. The third kappa shape index (κ3) is 5.18. The Morgan fingerprint density at radius 2 is 1.60 bits per heavy atom. The first-order valence-corrected chi connectivity index (χ1v) is 8.35. The first-order chi connectivity index (χ1) is 12.3. The van der Waals surface area contributed by atoms with Gasteiger partial charge in [0.15, 0.2) is 0 Å². The van der Waals surface area contributed by atoms with Crippen LogP contribution in [0.1, 0.15) is 23.6 Å². The molecule has 0 bridgehead atoms. The fourth-order valence-electron chi connectivity index (χ4n) is 2.43. The van der Waals surface area contributed by atoms with Crippen LogP contribution in [-0.2, 0) is 6.54 Å². The van der Waals surface area contributed by atoms with Gasteiger partial charge in [0, 0.05) is 5.71 Å². The smallest absolute Gasteiger partial charge is 0.127 e. The van der Waals surface area contributed by atoms with E-state index in [1.807, 2.05) is 79.7 Å². The summed E-state index contributed by atoms with van der Waals surface area (Å²) in [5.74, 6) is 0.805. The number of ether oxygens (including phenoxy) is 1. The molecule has 0 saturated carbocycles. The Balaban J connectivity index is 1.65. The zero-order valence-electron chi connectivity index (χ0n) is 14.3. The van der Waals surface area contributed by atoms with Crippen LogP contribution < -0.4 is 4.74 Å². The molecule has 0 aliphatic carbocycles. The van der Waals surface area contributed by atoms with Gasteiger partial charge in [-0.25, -0.2) is 0 Å². The minimum absolute atomic E-state index is 0.686. The van der Waals surface area contributed by atoms with E-state index in [0.29, 0.717) is 6.54 Å². The van der Waals surface area contributed by atoms with E-state index < -0.39 is 0 Å². The maximum Gasteiger partial charge on any atom is 0.127 e. The fourth-order valence-corrected chi connectivity index (χ4v) is 2.43. The van der Waals surface area contributed by atoms with E-state index in [-0.39, 0.29) is 0 Å². The summed E-state index contributed by atoms with van der Waals surface area (Å²) in [6.07, 6.45) is 3.66. The molecule has 0 saturated heterocycles. The molecular weight excluding hydrogens is 306 g/mol. The molecule has 3 aromatic rings. The summed E-state index contributed by atoms with van der Waals surface area (Å²) >= 11 is 0. The molecule has 0 aliphatic heterocycles. The van der Waals surface area contributed by atoms with Gasteiger partial charge in [0.25, 0.3) is 0 Å². The topological polar surface area (TPSA) is 21.6 Å². The quantitative estimate of drug-likeness (QED) is 0.417. The van der Waals surface area contributed by atoms with Crippen molar-refractivity contribution >= 4 is 11.8 Å². The number of hydrogen-bond acceptors (Lipinski definition) is 2. The Bertz CT molecular complexity index is 852. The molecule has 0 N–H and O–H groups in total. The molecule has 0 amide bonds. The maximum absolute atomic E-state index is 5.73. The summed E-state index contributed by atoms with van der Waals surface area (Å²) < 4.78 is 5.73. The van der Waals surface area contributed by atoms with Gasteiger partial charge >= 0.3 is 0 Å². The minimum Gasteiger partial charge on any atom is -0.465 e. The summed E-state index contributed by atoms with van der Waals surface area (Å²) in [5.41, 5.74) is 4.39. The molecule has 0 spiro atoms. The number of aliphatic imine (C=N–C) groups is 1. The van der Waals surface area contributed by atoms with Crippen molar-refractivity contribution in [1.29, 1.82) is 0 Å². The first kappa shape index (κ1) is 16.7. The van der Waals surface area contributed by atoms with Crippen LogP contribution in [-0.4, -0.2) is 5.71 Å². The lowest BCUT2D eigenvalue weighted by Crippen LogP contribution is -1.96. The third-order valence-electron chi connectivity index (χ3n) is 3.86. The summed E-state index contributed by atoms with van der Waals surface area (Å²) in [5, 5.41) is 0. The Morgan fingerprint density at radius 1 is 0.880 bits per heavy atom. The van der Waals surface area contributed by atoms with Gasteiger partial charge in [0.05, 0.1) is 12.8 Å². The van der Waals surface area contributed by atoms with E-state index in [1.54, 1.807) is 6.26 Å². The predicted molar refractivity (Wildman–Crippen MR) is 105 cm³/mol. The van der Waals surface area contributed by atoms with Gasteiger partial charge < -0.3 is 4.74 Å². The van der Waals surface area contributed by atoms with Gasteiger partial charge in [0.1, 0.15) is 5.75 Å². The number of rotatable bonds is 6. The minimum atomic E-state index is 0.686. The van der Waals surface area contributed by atoms with Crippen LogP contribution >= 0.6 is 0 Å². The molecule has 124 valence electrons. The molecular formula is C23H21NO. The zero-order chi connectivity index (χ0) is 17.3. The van der Waals surface area contributed by atoms with E-state index in [0.717, 1.165) is 22.6 Å². The van der Waals surface area contributed by atoms with Crippen molar-refractivity contribution in [3.63, 3.8) is 0 Å². The van der Waals surface area contributed by atoms with E-state index in [4.69, 9.17) is 4.74 Å². The highest BCUT2D eigenvalue weighted by Gasteiger charge is 2.00. The molecule has 0 unspecified atom stereocenters. The monoisotopic (exact) mass is 327 g/mol. The van der Waals surface area contributed by atoms with Crippen LogP contribution in [0.15, 0.2) is 96.2 Å². The molecule has 0 atom stereocenters. The molecule has 0 fully saturated rings. The number of hydrogen-bond donors (Lipinski definition) is 0. The SMILES string of the molecule is CC(=NCc1ccccc1)c1cccc(O/C=C\c2ccccc2)c1. The lowest BCUT2D eigenvalue weighted by molar-refractivity contribution is 0.485. The average Bonchev–Trinajstić information content (AvgIpc) is 2.68. The van der Waals surface area contributed by atoms with Crippen molar-refractivity contribution in [2.75, 3.05) is 0 Å². The Morgan fingerprint density at radius 3 is 2.36 bits per heavy atom. The average molecular weight is 327 g/mol. The second-order valence-corrected chi connectivity index (χ2v) is 5.75. The standard InChI is InChI=1S/C23H21NO/c1-19(24-18-21-11-6-3-7-12-21)22-13-8-14-23(17-22)25-16-15-20-9-4-2-5-10-20/h2-17H,18H2,1H3/b16-15-,24-19?. The molecule has 0 aliphatic rings. The largest absolute Gasteiger partial charge is 0.465 e. The Kier molecular flexibility index (Phi) is 5.78. The molecule has 3 aromatic carbocycles. The molecule has 3 rings (SSSR count). The number of benzene rings is 3. The van der Waals surface area contributed by atoms with Crippen molar-refractivity contribution < 1.29 is 4.74 Å². The van der Waals surface area contributed by atoms with Gasteiger partial charge in [-0.05, 0) is 41.8 Å². The normalized spacial score (nSPS) is 11.6. The molecule has 0 heterocycles. The molecule has 25 heavy (non-hydrogen) atoms. The maximum atomic E-state index is 5.73. The zero-order valence-corrected chi connectivity index (χ0v) is 14.3. The second kappa shape index (κ2) is 8.65. The van der Waals surface area contributed by atoms with Crippen molar-refractivity contribution in [2.24, 2.45) is 4.99 Å². The molecule has 0 aromatic heterocycles. The van der Waals surface area contributed by atoms with Crippen LogP contribution in [0.3, 0.4) is 0 Å². The Labute approximate surface area is 149 Å². The fraction of sp³-hybridized carbons (Fsp3) is 0.0870. The number of nitrogens with zero attached hydrogens (tertiary/aromatic N) is 1. The highest BCUT2D eigenvalue weighted by Crippen LogP contribution is 2.15. The second-order valence-electron chi connectivity index (χ2n) is 5.75. The summed E-state index contributed by atoms with van der Waals surface area (Å²) in [6.45, 7) is 2.72. The van der Waals surface area contributed by atoms with Crippen LogP contribution in [0.2, 0.25) is 0 Å². The summed E-state index contributed by atoms with van der Waals surface area (Å²) in [6, 6.07) is 28.4. The lowest BCUT2D eigenvalue weighted by Gasteiger charge is -2.05. The predicted octanol–water partition coefficient (Wildman–Crippen LogP) is 5.75. The molecule has 0 radical (unpaired) electrons. The molecule has 2 heteroatoms. The van der Waals surface area contributed by atoms with Crippen molar-refractivity contribution in [2.45, 2.75) is 13.5 Å². The van der Waals surface area contributed by atoms with Crippen molar-refractivity contribution in [3.8, 4) is 5.75 Å². The summed E-state index contributed by atoms with van der Waals surface area (Å²) in [7, 11) is 0. The van der Waals surface area contributed by atoms with Crippen LogP contribution in [0, 0.1) is 0 Å². The van der Waals surface area contributed by atoms with E-state index in [1.165, 1.54) is 5.56 Å². The van der Waals surface area contributed by atoms with Gasteiger partial charge in [-0.2, -0.15) is 0 Å². The first-order valence-electron chi connectivity index (χ1n) is 8.35. The van der Waals surface area contributed by atoms with Crippen molar-refractivity contribution in [3.05, 3.63) is 108 Å². The molecule has 2 nitrogen and oxygen atoms in total. The Hall–Kier alpha value is -3.13. The third-order valence-corrected chi connectivity index (χ3v) is 3.86. The lowest BCUT2D eigenvalue weighted by atomic mass is 10.1. The van der Waals surface area contributed by atoms with Gasteiger partial charge in [-0.3, -0.25) is 4.99 Å². The van der Waals surface area contributed by atoms with Crippen LogP contribution in [0.5, 0.6) is 5.75 Å². The van der Waals surface area contributed by atoms with Crippen LogP contribution in [0.25, 0.3) is 6.08 Å². The van der Waals surface area contributed by atoms with Gasteiger partial charge in [-0.15, -0.1) is 0 Å². The van der Waals surface area contributed by atoms with Gasteiger partial charge in [0.2, 0.25) is 0 Å². The van der Waals surface area contributed by atoms with Crippen LogP contribution in [0.4, 0.5) is 0 Å². The van der Waals surface area contributed by atoms with Crippen molar-refractivity contribution in [1.82, 2.24) is 0 Å². The highest BCUT2D eigenvalue weighted by molar-refractivity contribution is 5.99.